The Morgan fingerprint density at radius 1 is 1.05 bits per heavy atom. The van der Waals surface area contributed by atoms with Crippen molar-refractivity contribution in [1.82, 2.24) is 5.48 Å². The SMILES string of the molecule is CNOc1cc(NC(=O)Nc2ccccc2)ccc1Cl. The molecule has 2 aromatic rings. The van der Waals surface area contributed by atoms with Gasteiger partial charge in [0.1, 0.15) is 0 Å². The molecule has 0 saturated carbocycles. The number of halogens is 1. The van der Waals surface area contributed by atoms with Gasteiger partial charge in [-0.05, 0) is 24.3 Å². The van der Waals surface area contributed by atoms with Crippen molar-refractivity contribution in [3.8, 4) is 5.75 Å². The summed E-state index contributed by atoms with van der Waals surface area (Å²) in [5, 5.41) is 5.87. The van der Waals surface area contributed by atoms with Gasteiger partial charge in [-0.1, -0.05) is 29.8 Å². The van der Waals surface area contributed by atoms with E-state index < -0.39 is 0 Å². The minimum atomic E-state index is -0.339. The smallest absolute Gasteiger partial charge is 0.323 e. The summed E-state index contributed by atoms with van der Waals surface area (Å²) in [6.45, 7) is 0. The number of hydroxylamine groups is 1. The lowest BCUT2D eigenvalue weighted by molar-refractivity contribution is 0.224. The molecule has 0 aliphatic carbocycles. The van der Waals surface area contributed by atoms with Gasteiger partial charge in [-0.25, -0.2) is 4.79 Å². The maximum Gasteiger partial charge on any atom is 0.323 e. The molecule has 0 unspecified atom stereocenters. The molecule has 0 spiro atoms. The third-order valence-electron chi connectivity index (χ3n) is 2.43. The highest BCUT2D eigenvalue weighted by atomic mass is 35.5. The van der Waals surface area contributed by atoms with E-state index in [1.165, 1.54) is 0 Å². The summed E-state index contributed by atoms with van der Waals surface area (Å²) in [5.74, 6) is 0.437. The topological polar surface area (TPSA) is 62.4 Å². The third-order valence-corrected chi connectivity index (χ3v) is 2.74. The first-order valence-electron chi connectivity index (χ1n) is 5.95. The van der Waals surface area contributed by atoms with Gasteiger partial charge in [0.2, 0.25) is 0 Å². The number of rotatable bonds is 4. The normalized spacial score (nSPS) is 9.90. The zero-order chi connectivity index (χ0) is 14.4. The van der Waals surface area contributed by atoms with Crippen LogP contribution in [0.2, 0.25) is 5.02 Å². The van der Waals surface area contributed by atoms with Crippen LogP contribution in [0.1, 0.15) is 0 Å². The largest absolute Gasteiger partial charge is 0.407 e. The van der Waals surface area contributed by atoms with Crippen LogP contribution in [-0.4, -0.2) is 13.1 Å². The summed E-state index contributed by atoms with van der Waals surface area (Å²) in [4.78, 5) is 16.9. The zero-order valence-corrected chi connectivity index (χ0v) is 11.6. The molecule has 2 rings (SSSR count). The molecule has 0 aliphatic heterocycles. The number of carbonyl (C=O) groups is 1. The van der Waals surface area contributed by atoms with Crippen LogP contribution < -0.4 is 21.0 Å². The van der Waals surface area contributed by atoms with Crippen molar-refractivity contribution in [1.29, 1.82) is 0 Å². The molecule has 0 saturated heterocycles. The summed E-state index contributed by atoms with van der Waals surface area (Å²) in [5.41, 5.74) is 3.82. The molecule has 0 heterocycles. The first-order chi connectivity index (χ1) is 9.69. The molecule has 0 fully saturated rings. The van der Waals surface area contributed by atoms with Crippen molar-refractivity contribution in [3.05, 3.63) is 53.6 Å². The average molecular weight is 292 g/mol. The molecule has 6 heteroatoms. The minimum Gasteiger partial charge on any atom is -0.407 e. The summed E-state index contributed by atoms with van der Waals surface area (Å²) in [7, 11) is 1.62. The zero-order valence-electron chi connectivity index (χ0n) is 10.8. The fraction of sp³-hybridized carbons (Fsp3) is 0.0714. The number of benzene rings is 2. The monoisotopic (exact) mass is 291 g/mol. The van der Waals surface area contributed by atoms with Gasteiger partial charge in [0.25, 0.3) is 0 Å². The lowest BCUT2D eigenvalue weighted by Crippen LogP contribution is -2.19. The van der Waals surface area contributed by atoms with E-state index in [0.717, 1.165) is 0 Å². The van der Waals surface area contributed by atoms with Crippen molar-refractivity contribution >= 4 is 29.0 Å². The van der Waals surface area contributed by atoms with Crippen LogP contribution in [0, 0.1) is 0 Å². The second-order valence-corrected chi connectivity index (χ2v) is 4.30. The summed E-state index contributed by atoms with van der Waals surface area (Å²) in [6.07, 6.45) is 0. The Bertz CT molecular complexity index is 590. The lowest BCUT2D eigenvalue weighted by Gasteiger charge is -2.10. The molecule has 20 heavy (non-hydrogen) atoms. The second-order valence-electron chi connectivity index (χ2n) is 3.90. The minimum absolute atomic E-state index is 0.339. The summed E-state index contributed by atoms with van der Waals surface area (Å²) in [6, 6.07) is 13.8. The molecule has 0 atom stereocenters. The van der Waals surface area contributed by atoms with Crippen LogP contribution in [0.4, 0.5) is 16.2 Å². The maximum atomic E-state index is 11.8. The van der Waals surface area contributed by atoms with E-state index >= 15 is 0 Å². The average Bonchev–Trinajstić information content (AvgIpc) is 2.44. The number of hydrogen-bond donors (Lipinski definition) is 3. The van der Waals surface area contributed by atoms with Crippen LogP contribution in [-0.2, 0) is 0 Å². The number of nitrogens with one attached hydrogen (secondary N) is 3. The third kappa shape index (κ3) is 3.88. The van der Waals surface area contributed by atoms with E-state index in [2.05, 4.69) is 16.1 Å². The van der Waals surface area contributed by atoms with Gasteiger partial charge in [0, 0.05) is 24.5 Å². The van der Waals surface area contributed by atoms with Crippen molar-refractivity contribution in [2.75, 3.05) is 17.7 Å². The van der Waals surface area contributed by atoms with Crippen LogP contribution in [0.25, 0.3) is 0 Å². The van der Waals surface area contributed by atoms with Gasteiger partial charge in [0.05, 0.1) is 5.02 Å². The number of carbonyl (C=O) groups excluding carboxylic acids is 1. The Morgan fingerprint density at radius 3 is 2.45 bits per heavy atom. The molecule has 3 N–H and O–H groups in total. The molecule has 2 aromatic carbocycles. The van der Waals surface area contributed by atoms with E-state index in [-0.39, 0.29) is 6.03 Å². The van der Waals surface area contributed by atoms with Gasteiger partial charge in [-0.2, -0.15) is 5.48 Å². The molecule has 2 amide bonds. The fourth-order valence-corrected chi connectivity index (χ4v) is 1.74. The standard InChI is InChI=1S/C14H14ClN3O2/c1-16-20-13-9-11(7-8-12(13)15)18-14(19)17-10-5-3-2-4-6-10/h2-9,16H,1H3,(H2,17,18,19). The Hall–Kier alpha value is -2.24. The molecule has 0 radical (unpaired) electrons. The van der Waals surface area contributed by atoms with Gasteiger partial charge in [-0.3, -0.25) is 0 Å². The predicted octanol–water partition coefficient (Wildman–Crippen LogP) is 3.50. The molecular weight excluding hydrogens is 278 g/mol. The Labute approximate surface area is 121 Å². The molecular formula is C14H14ClN3O2. The highest BCUT2D eigenvalue weighted by Gasteiger charge is 2.06. The van der Waals surface area contributed by atoms with Gasteiger partial charge in [0.15, 0.2) is 5.75 Å². The first kappa shape index (κ1) is 14.2. The lowest BCUT2D eigenvalue weighted by atomic mass is 10.3. The van der Waals surface area contributed by atoms with Gasteiger partial charge < -0.3 is 15.5 Å². The van der Waals surface area contributed by atoms with Crippen molar-refractivity contribution in [2.24, 2.45) is 0 Å². The maximum absolute atomic E-state index is 11.8. The molecule has 0 aliphatic rings. The van der Waals surface area contributed by atoms with E-state index in [1.54, 1.807) is 37.4 Å². The van der Waals surface area contributed by atoms with E-state index in [1.807, 2.05) is 18.2 Å². The number of hydrogen-bond acceptors (Lipinski definition) is 3. The van der Waals surface area contributed by atoms with Crippen LogP contribution in [0.3, 0.4) is 0 Å². The molecule has 0 aromatic heterocycles. The Kier molecular flexibility index (Phi) is 4.81. The molecule has 5 nitrogen and oxygen atoms in total. The first-order valence-corrected chi connectivity index (χ1v) is 6.33. The highest BCUT2D eigenvalue weighted by Crippen LogP contribution is 2.27. The summed E-state index contributed by atoms with van der Waals surface area (Å²) >= 11 is 5.95. The summed E-state index contributed by atoms with van der Waals surface area (Å²) < 4.78 is 0. The number of para-hydroxylation sites is 1. The Morgan fingerprint density at radius 2 is 1.75 bits per heavy atom. The van der Waals surface area contributed by atoms with Crippen LogP contribution >= 0.6 is 11.6 Å². The van der Waals surface area contributed by atoms with E-state index in [0.29, 0.717) is 22.1 Å². The Balaban J connectivity index is 2.02. The number of anilines is 2. The number of urea groups is 1. The van der Waals surface area contributed by atoms with Gasteiger partial charge >= 0.3 is 6.03 Å². The number of amides is 2. The quantitative estimate of drug-likeness (QED) is 0.756. The van der Waals surface area contributed by atoms with Crippen molar-refractivity contribution in [3.63, 3.8) is 0 Å². The molecule has 104 valence electrons. The van der Waals surface area contributed by atoms with E-state index in [9.17, 15) is 4.79 Å². The van der Waals surface area contributed by atoms with Crippen LogP contribution in [0.5, 0.6) is 5.75 Å². The predicted molar refractivity (Wildman–Crippen MR) is 80.2 cm³/mol. The van der Waals surface area contributed by atoms with E-state index in [4.69, 9.17) is 16.4 Å². The van der Waals surface area contributed by atoms with Crippen molar-refractivity contribution in [2.45, 2.75) is 0 Å². The second kappa shape index (κ2) is 6.79. The molecule has 0 bridgehead atoms. The highest BCUT2D eigenvalue weighted by molar-refractivity contribution is 6.32. The van der Waals surface area contributed by atoms with Crippen molar-refractivity contribution < 1.29 is 9.63 Å². The fourth-order valence-electron chi connectivity index (χ4n) is 1.58. The van der Waals surface area contributed by atoms with Gasteiger partial charge in [-0.15, -0.1) is 0 Å². The van der Waals surface area contributed by atoms with Crippen LogP contribution in [0.15, 0.2) is 48.5 Å².